The number of rotatable bonds is 6. The van der Waals surface area contributed by atoms with E-state index < -0.39 is 20.0 Å². The highest BCUT2D eigenvalue weighted by atomic mass is 35.5. The maximum Gasteiger partial charge on any atom is 0.262 e. The van der Waals surface area contributed by atoms with Crippen LogP contribution >= 0.6 is 23.2 Å². The van der Waals surface area contributed by atoms with Gasteiger partial charge in [0.15, 0.2) is 0 Å². The van der Waals surface area contributed by atoms with Crippen LogP contribution in [0.2, 0.25) is 10.0 Å². The van der Waals surface area contributed by atoms with E-state index in [4.69, 9.17) is 23.2 Å². The van der Waals surface area contributed by atoms with Gasteiger partial charge in [-0.1, -0.05) is 40.9 Å². The first kappa shape index (κ1) is 23.4. The number of anilines is 2. The molecule has 0 amide bonds. The SMILES string of the molecule is Cc1cc(C)c(S(=O)(=O)Nc2ccc(S(=O)(=O)Nc3ccc(Cl)cc3Cl)cc2)c(C)c1. The van der Waals surface area contributed by atoms with Crippen molar-refractivity contribution in [3.8, 4) is 0 Å². The Morgan fingerprint density at radius 3 is 1.84 bits per heavy atom. The van der Waals surface area contributed by atoms with Crippen molar-refractivity contribution in [2.75, 3.05) is 9.44 Å². The average Bonchev–Trinajstić information content (AvgIpc) is 2.63. The fourth-order valence-electron chi connectivity index (χ4n) is 3.27. The Kier molecular flexibility index (Phi) is 6.57. The van der Waals surface area contributed by atoms with Crippen LogP contribution in [0.4, 0.5) is 11.4 Å². The van der Waals surface area contributed by atoms with Crippen molar-refractivity contribution in [3.05, 3.63) is 81.3 Å². The lowest BCUT2D eigenvalue weighted by Gasteiger charge is -2.14. The summed E-state index contributed by atoms with van der Waals surface area (Å²) < 4.78 is 55.9. The minimum absolute atomic E-state index is 0.0517. The Bertz CT molecular complexity index is 1330. The molecule has 6 nitrogen and oxygen atoms in total. The van der Waals surface area contributed by atoms with Crippen molar-refractivity contribution in [3.63, 3.8) is 0 Å². The van der Waals surface area contributed by atoms with Crippen molar-refractivity contribution >= 4 is 54.6 Å². The fraction of sp³-hybridized carbons (Fsp3) is 0.143. The standard InChI is InChI=1S/C21H20Cl2N2O4S2/c1-13-10-14(2)21(15(3)11-13)31(28,29)24-17-5-7-18(8-6-17)30(26,27)25-20-9-4-16(22)12-19(20)23/h4-12,24-25H,1-3H3. The third-order valence-corrected chi connectivity index (χ3v) is 8.08. The zero-order valence-corrected chi connectivity index (χ0v) is 20.0. The third-order valence-electron chi connectivity index (χ3n) is 4.47. The van der Waals surface area contributed by atoms with Crippen LogP contribution in [0.5, 0.6) is 0 Å². The minimum Gasteiger partial charge on any atom is -0.280 e. The maximum absolute atomic E-state index is 12.9. The van der Waals surface area contributed by atoms with Gasteiger partial charge in [0.25, 0.3) is 20.0 Å². The zero-order chi connectivity index (χ0) is 23.0. The lowest BCUT2D eigenvalue weighted by Crippen LogP contribution is -2.16. The fourth-order valence-corrected chi connectivity index (χ4v) is 6.38. The van der Waals surface area contributed by atoms with Gasteiger partial charge >= 0.3 is 0 Å². The lowest BCUT2D eigenvalue weighted by molar-refractivity contribution is 0.599. The molecule has 3 rings (SSSR count). The molecule has 0 saturated carbocycles. The molecule has 0 saturated heterocycles. The molecular formula is C21H20Cl2N2O4S2. The summed E-state index contributed by atoms with van der Waals surface area (Å²) >= 11 is 11.9. The summed E-state index contributed by atoms with van der Waals surface area (Å²) in [5.41, 5.74) is 2.65. The van der Waals surface area contributed by atoms with E-state index in [0.29, 0.717) is 16.1 Å². The Morgan fingerprint density at radius 2 is 1.29 bits per heavy atom. The molecule has 10 heteroatoms. The van der Waals surface area contributed by atoms with Crippen molar-refractivity contribution in [2.45, 2.75) is 30.6 Å². The molecule has 0 unspecified atom stereocenters. The average molecular weight is 499 g/mol. The predicted octanol–water partition coefficient (Wildman–Crippen LogP) is 5.52. The maximum atomic E-state index is 12.9. The number of halogens is 2. The monoisotopic (exact) mass is 498 g/mol. The van der Waals surface area contributed by atoms with E-state index in [2.05, 4.69) is 9.44 Å². The second-order valence-corrected chi connectivity index (χ2v) is 11.2. The number of aryl methyl sites for hydroxylation is 3. The third kappa shape index (κ3) is 5.33. The number of sulfonamides is 2. The number of nitrogens with one attached hydrogen (secondary N) is 2. The summed E-state index contributed by atoms with van der Waals surface area (Å²) in [4.78, 5) is 0.151. The van der Waals surface area contributed by atoms with Gasteiger partial charge in [0.05, 0.1) is 20.5 Å². The summed E-state index contributed by atoms with van der Waals surface area (Å²) in [5, 5.41) is 0.535. The highest BCUT2D eigenvalue weighted by Crippen LogP contribution is 2.28. The summed E-state index contributed by atoms with van der Waals surface area (Å²) in [5.74, 6) is 0. The van der Waals surface area contributed by atoms with Crippen LogP contribution in [0.15, 0.2) is 64.4 Å². The van der Waals surface area contributed by atoms with Gasteiger partial charge < -0.3 is 0 Å². The van der Waals surface area contributed by atoms with E-state index in [1.54, 1.807) is 26.0 Å². The van der Waals surface area contributed by atoms with Crippen LogP contribution in [-0.2, 0) is 20.0 Å². The molecule has 3 aromatic carbocycles. The van der Waals surface area contributed by atoms with Crippen LogP contribution in [0.3, 0.4) is 0 Å². The van der Waals surface area contributed by atoms with Gasteiger partial charge in [-0.15, -0.1) is 0 Å². The van der Waals surface area contributed by atoms with Crippen LogP contribution in [0.1, 0.15) is 16.7 Å². The largest absolute Gasteiger partial charge is 0.280 e. The van der Waals surface area contributed by atoms with E-state index >= 15 is 0 Å². The Labute approximate surface area is 192 Å². The molecule has 0 bridgehead atoms. The summed E-state index contributed by atoms with van der Waals surface area (Å²) in [6, 6.07) is 13.4. The van der Waals surface area contributed by atoms with Crippen molar-refractivity contribution < 1.29 is 16.8 Å². The molecule has 0 aliphatic carbocycles. The normalized spacial score (nSPS) is 11.9. The molecule has 0 aromatic heterocycles. The smallest absolute Gasteiger partial charge is 0.262 e. The molecule has 164 valence electrons. The first-order valence-corrected chi connectivity index (χ1v) is 12.8. The van der Waals surface area contributed by atoms with Gasteiger partial charge in [-0.05, 0) is 74.4 Å². The number of hydrogen-bond acceptors (Lipinski definition) is 4. The first-order chi connectivity index (χ1) is 14.4. The van der Waals surface area contributed by atoms with E-state index in [0.717, 1.165) is 5.56 Å². The van der Waals surface area contributed by atoms with E-state index in [1.807, 2.05) is 6.92 Å². The molecule has 0 radical (unpaired) electrons. The van der Waals surface area contributed by atoms with Crippen LogP contribution in [-0.4, -0.2) is 16.8 Å². The Hall–Kier alpha value is -2.26. The Morgan fingerprint density at radius 1 is 0.710 bits per heavy atom. The molecule has 0 heterocycles. The summed E-state index contributed by atoms with van der Waals surface area (Å²) in [6.45, 7) is 5.36. The molecule has 0 atom stereocenters. The van der Waals surface area contributed by atoms with Crippen LogP contribution < -0.4 is 9.44 Å². The topological polar surface area (TPSA) is 92.3 Å². The van der Waals surface area contributed by atoms with Crippen LogP contribution in [0, 0.1) is 20.8 Å². The first-order valence-electron chi connectivity index (χ1n) is 9.08. The molecule has 0 fully saturated rings. The minimum atomic E-state index is -3.93. The van der Waals surface area contributed by atoms with Crippen LogP contribution in [0.25, 0.3) is 0 Å². The zero-order valence-electron chi connectivity index (χ0n) is 16.9. The second-order valence-electron chi connectivity index (χ2n) is 7.09. The molecule has 0 aliphatic rings. The molecule has 0 aliphatic heterocycles. The van der Waals surface area contributed by atoms with Gasteiger partial charge in [0.2, 0.25) is 0 Å². The molecule has 3 aromatic rings. The van der Waals surface area contributed by atoms with Gasteiger partial charge in [-0.2, -0.15) is 0 Å². The highest BCUT2D eigenvalue weighted by Gasteiger charge is 2.21. The highest BCUT2D eigenvalue weighted by molar-refractivity contribution is 7.93. The van der Waals surface area contributed by atoms with Gasteiger partial charge in [0, 0.05) is 10.7 Å². The predicted molar refractivity (Wildman–Crippen MR) is 125 cm³/mol. The van der Waals surface area contributed by atoms with E-state index in [9.17, 15) is 16.8 Å². The van der Waals surface area contributed by atoms with Crippen molar-refractivity contribution in [2.24, 2.45) is 0 Å². The lowest BCUT2D eigenvalue weighted by atomic mass is 10.1. The molecular weight excluding hydrogens is 479 g/mol. The molecule has 2 N–H and O–H groups in total. The quantitative estimate of drug-likeness (QED) is 0.467. The van der Waals surface area contributed by atoms with Crippen molar-refractivity contribution in [1.82, 2.24) is 0 Å². The van der Waals surface area contributed by atoms with Gasteiger partial charge in [-0.25, -0.2) is 16.8 Å². The van der Waals surface area contributed by atoms with Gasteiger partial charge in [0.1, 0.15) is 0 Å². The Balaban J connectivity index is 1.84. The summed E-state index contributed by atoms with van der Waals surface area (Å²) in [7, 11) is -7.78. The summed E-state index contributed by atoms with van der Waals surface area (Å²) in [6.07, 6.45) is 0. The number of hydrogen-bond donors (Lipinski definition) is 2. The molecule has 31 heavy (non-hydrogen) atoms. The second kappa shape index (κ2) is 8.70. The van der Waals surface area contributed by atoms with Gasteiger partial charge in [-0.3, -0.25) is 9.44 Å². The van der Waals surface area contributed by atoms with E-state index in [1.165, 1.54) is 42.5 Å². The molecule has 0 spiro atoms. The number of benzene rings is 3. The van der Waals surface area contributed by atoms with E-state index in [-0.39, 0.29) is 26.2 Å². The van der Waals surface area contributed by atoms with Crippen molar-refractivity contribution in [1.29, 1.82) is 0 Å².